The van der Waals surface area contributed by atoms with Crippen molar-refractivity contribution in [2.45, 2.75) is 6.92 Å². The molecule has 2 aromatic heterocycles. The van der Waals surface area contributed by atoms with Gasteiger partial charge in [-0.15, -0.1) is 5.11 Å². The first-order valence-electron chi connectivity index (χ1n) is 8.88. The minimum absolute atomic E-state index is 0.0637. The van der Waals surface area contributed by atoms with Gasteiger partial charge in [0.25, 0.3) is 5.91 Å². The van der Waals surface area contributed by atoms with Gasteiger partial charge in [0.1, 0.15) is 11.5 Å². The highest BCUT2D eigenvalue weighted by atomic mass is 35.5. The van der Waals surface area contributed by atoms with Crippen molar-refractivity contribution < 1.29 is 9.18 Å². The molecule has 0 spiro atoms. The second-order valence-corrected chi connectivity index (χ2v) is 7.35. The molecule has 0 aliphatic heterocycles. The molecule has 4 rings (SSSR count). The van der Waals surface area contributed by atoms with E-state index in [4.69, 9.17) is 23.2 Å². The number of aromatic amines is 2. The number of H-pyrrole nitrogens is 2. The summed E-state index contributed by atoms with van der Waals surface area (Å²) >= 11 is 11.6. The molecular weight excluding hydrogens is 446 g/mol. The van der Waals surface area contributed by atoms with Crippen LogP contribution in [0.4, 0.5) is 15.8 Å². The molecule has 2 N–H and O–H groups in total. The quantitative estimate of drug-likeness (QED) is 0.398. The fourth-order valence-electron chi connectivity index (χ4n) is 2.77. The van der Waals surface area contributed by atoms with Crippen molar-refractivity contribution in [3.8, 4) is 11.3 Å². The summed E-state index contributed by atoms with van der Waals surface area (Å²) in [6, 6.07) is 12.2. The van der Waals surface area contributed by atoms with Crippen molar-refractivity contribution >= 4 is 40.5 Å². The van der Waals surface area contributed by atoms with Crippen molar-refractivity contribution in [1.82, 2.24) is 20.0 Å². The fourth-order valence-corrected chi connectivity index (χ4v) is 3.07. The third-order valence-corrected chi connectivity index (χ3v) is 4.90. The van der Waals surface area contributed by atoms with Gasteiger partial charge in [-0.2, -0.15) is 14.9 Å². The molecule has 0 bridgehead atoms. The van der Waals surface area contributed by atoms with Crippen molar-refractivity contribution in [3.63, 3.8) is 0 Å². The molecule has 156 valence electrons. The topological polar surface area (TPSA) is 108 Å². The largest absolute Gasteiger partial charge is 0.302 e. The molecule has 0 aliphatic rings. The summed E-state index contributed by atoms with van der Waals surface area (Å²) in [6.07, 6.45) is 0. The average molecular weight is 459 g/mol. The number of hydrogen-bond acceptors (Lipinski definition) is 5. The SMILES string of the molecule is Cc1[nH]n(C(=O)c2cc(-c3ccc(Cl)cc3)n[nH]2)c(=O)c1N=Nc1ccc(F)c(Cl)c1. The lowest BCUT2D eigenvalue weighted by Gasteiger charge is -1.96. The van der Waals surface area contributed by atoms with Gasteiger partial charge in [0.05, 0.1) is 22.1 Å². The van der Waals surface area contributed by atoms with Crippen LogP contribution in [-0.4, -0.2) is 25.9 Å². The van der Waals surface area contributed by atoms with E-state index in [1.807, 2.05) is 0 Å². The van der Waals surface area contributed by atoms with Crippen LogP contribution in [-0.2, 0) is 0 Å². The molecule has 0 amide bonds. The van der Waals surface area contributed by atoms with Gasteiger partial charge in [-0.3, -0.25) is 19.8 Å². The van der Waals surface area contributed by atoms with Crippen molar-refractivity contribution in [1.29, 1.82) is 0 Å². The summed E-state index contributed by atoms with van der Waals surface area (Å²) in [4.78, 5) is 25.5. The van der Waals surface area contributed by atoms with Crippen LogP contribution in [0.15, 0.2) is 63.6 Å². The number of benzene rings is 2. The predicted octanol–water partition coefficient (Wildman–Crippen LogP) is 5.42. The Labute approximate surface area is 184 Å². The summed E-state index contributed by atoms with van der Waals surface area (Å²) in [5, 5.41) is 17.7. The van der Waals surface area contributed by atoms with Crippen molar-refractivity contribution in [3.05, 3.63) is 86.1 Å². The maximum atomic E-state index is 13.3. The van der Waals surface area contributed by atoms with E-state index in [0.29, 0.717) is 16.4 Å². The maximum Gasteiger partial charge on any atom is 0.302 e. The molecule has 0 aliphatic carbocycles. The number of nitrogens with one attached hydrogen (secondary N) is 2. The van der Waals surface area contributed by atoms with Gasteiger partial charge in [-0.1, -0.05) is 35.3 Å². The lowest BCUT2D eigenvalue weighted by molar-refractivity contribution is 0.0936. The molecule has 0 radical (unpaired) electrons. The summed E-state index contributed by atoms with van der Waals surface area (Å²) in [5.41, 5.74) is 1.19. The molecule has 0 saturated carbocycles. The van der Waals surface area contributed by atoms with Crippen molar-refractivity contribution in [2.24, 2.45) is 10.2 Å². The normalized spacial score (nSPS) is 11.4. The Morgan fingerprint density at radius 1 is 1.10 bits per heavy atom. The van der Waals surface area contributed by atoms with Gasteiger partial charge >= 0.3 is 5.56 Å². The fraction of sp³-hybridized carbons (Fsp3) is 0.0500. The molecule has 2 aromatic carbocycles. The molecule has 0 atom stereocenters. The molecule has 0 fully saturated rings. The first-order chi connectivity index (χ1) is 14.8. The molecule has 0 saturated heterocycles. The zero-order chi connectivity index (χ0) is 22.1. The Morgan fingerprint density at radius 3 is 2.55 bits per heavy atom. The van der Waals surface area contributed by atoms with Crippen LogP contribution in [0.1, 0.15) is 16.2 Å². The predicted molar refractivity (Wildman–Crippen MR) is 114 cm³/mol. The highest BCUT2D eigenvalue weighted by Crippen LogP contribution is 2.24. The van der Waals surface area contributed by atoms with E-state index in [0.717, 1.165) is 16.3 Å². The van der Waals surface area contributed by atoms with Gasteiger partial charge in [0, 0.05) is 10.6 Å². The van der Waals surface area contributed by atoms with E-state index >= 15 is 0 Å². The standard InChI is InChI=1S/C20H13Cl2FN6O2/c1-10-18(27-24-13-6-7-15(23)14(22)8-13)20(31)29(28-10)19(30)17-9-16(25-26-17)11-2-4-12(21)5-3-11/h2-9,28H,1H3,(H,25,26). The van der Waals surface area contributed by atoms with Crippen LogP contribution in [0.2, 0.25) is 10.0 Å². The minimum Gasteiger partial charge on any atom is -0.290 e. The number of aromatic nitrogens is 4. The summed E-state index contributed by atoms with van der Waals surface area (Å²) < 4.78 is 14.1. The second kappa shape index (κ2) is 8.29. The van der Waals surface area contributed by atoms with Crippen LogP contribution in [0.5, 0.6) is 0 Å². The Morgan fingerprint density at radius 2 is 1.84 bits per heavy atom. The van der Waals surface area contributed by atoms with Gasteiger partial charge < -0.3 is 0 Å². The van der Waals surface area contributed by atoms with E-state index in [2.05, 4.69) is 25.5 Å². The average Bonchev–Trinajstić information content (AvgIpc) is 3.34. The third-order valence-electron chi connectivity index (χ3n) is 4.36. The number of halogens is 3. The maximum absolute atomic E-state index is 13.3. The third kappa shape index (κ3) is 4.18. The zero-order valence-electron chi connectivity index (χ0n) is 15.9. The molecule has 8 nitrogen and oxygen atoms in total. The first kappa shape index (κ1) is 20.7. The van der Waals surface area contributed by atoms with Gasteiger partial charge in [0.2, 0.25) is 0 Å². The van der Waals surface area contributed by atoms with Crippen LogP contribution < -0.4 is 5.56 Å². The number of nitrogens with zero attached hydrogens (tertiary/aromatic N) is 4. The van der Waals surface area contributed by atoms with E-state index in [1.165, 1.54) is 18.2 Å². The highest BCUT2D eigenvalue weighted by molar-refractivity contribution is 6.31. The van der Waals surface area contributed by atoms with E-state index in [1.54, 1.807) is 31.2 Å². The molecule has 2 heterocycles. The van der Waals surface area contributed by atoms with Gasteiger partial charge in [0.15, 0.2) is 5.69 Å². The number of hydrogen-bond donors (Lipinski definition) is 2. The summed E-state index contributed by atoms with van der Waals surface area (Å²) in [5.74, 6) is -1.24. The van der Waals surface area contributed by atoms with Crippen LogP contribution in [0, 0.1) is 12.7 Å². The smallest absolute Gasteiger partial charge is 0.290 e. The molecule has 4 aromatic rings. The lowest BCUT2D eigenvalue weighted by Crippen LogP contribution is -2.25. The van der Waals surface area contributed by atoms with Crippen molar-refractivity contribution in [2.75, 3.05) is 0 Å². The molecular formula is C20H13Cl2FN6O2. The van der Waals surface area contributed by atoms with Gasteiger partial charge in [-0.25, -0.2) is 4.39 Å². The zero-order valence-corrected chi connectivity index (χ0v) is 17.4. The van der Waals surface area contributed by atoms with E-state index < -0.39 is 17.3 Å². The second-order valence-electron chi connectivity index (χ2n) is 6.50. The molecule has 31 heavy (non-hydrogen) atoms. The van der Waals surface area contributed by atoms with Crippen LogP contribution in [0.25, 0.3) is 11.3 Å². The summed E-state index contributed by atoms with van der Waals surface area (Å²) in [6.45, 7) is 1.57. The summed E-state index contributed by atoms with van der Waals surface area (Å²) in [7, 11) is 0. The number of rotatable bonds is 4. The Balaban J connectivity index is 1.61. The molecule has 0 unspecified atom stereocenters. The van der Waals surface area contributed by atoms with Crippen LogP contribution in [0.3, 0.4) is 0 Å². The monoisotopic (exact) mass is 458 g/mol. The number of aryl methyl sites for hydroxylation is 1. The van der Waals surface area contributed by atoms with E-state index in [9.17, 15) is 14.0 Å². The van der Waals surface area contributed by atoms with E-state index in [-0.39, 0.29) is 22.1 Å². The minimum atomic E-state index is -0.692. The molecule has 11 heteroatoms. The number of carbonyl (C=O) groups is 1. The lowest BCUT2D eigenvalue weighted by atomic mass is 10.1. The van der Waals surface area contributed by atoms with Gasteiger partial charge in [-0.05, 0) is 43.3 Å². The van der Waals surface area contributed by atoms with Crippen LogP contribution >= 0.6 is 23.2 Å². The Bertz CT molecular complexity index is 1370. The highest BCUT2D eigenvalue weighted by Gasteiger charge is 2.20. The number of azo groups is 1. The Kier molecular flexibility index (Phi) is 5.53. The first-order valence-corrected chi connectivity index (χ1v) is 9.63. The Hall–Kier alpha value is -3.56. The number of carbonyl (C=O) groups excluding carboxylic acids is 1.